The van der Waals surface area contributed by atoms with Gasteiger partial charge in [0.05, 0.1) is 5.60 Å². The molecule has 2 amide bonds. The molecule has 0 unspecified atom stereocenters. The zero-order chi connectivity index (χ0) is 18.6. The quantitative estimate of drug-likeness (QED) is 0.715. The topological polar surface area (TPSA) is 81.7 Å². The molecule has 1 aliphatic heterocycles. The van der Waals surface area contributed by atoms with Gasteiger partial charge in [-0.05, 0) is 38.4 Å². The maximum absolute atomic E-state index is 12.5. The van der Waals surface area contributed by atoms with Crippen LogP contribution >= 0.6 is 0 Å². The first-order chi connectivity index (χ1) is 11.7. The molecule has 6 nitrogen and oxygen atoms in total. The number of carbonyl (C=O) groups is 2. The van der Waals surface area contributed by atoms with Gasteiger partial charge in [-0.25, -0.2) is 0 Å². The molecule has 1 aromatic rings. The average Bonchev–Trinajstić information content (AvgIpc) is 2.89. The number of rotatable bonds is 6. The van der Waals surface area contributed by atoms with Crippen LogP contribution < -0.4 is 10.6 Å². The second kappa shape index (κ2) is 7.97. The number of β-amino-alcohol motifs (C(OH)–C–C–N with tert-alkyl or cyclic N) is 1. The van der Waals surface area contributed by atoms with Gasteiger partial charge in [-0.3, -0.25) is 9.59 Å². The fourth-order valence-corrected chi connectivity index (χ4v) is 3.11. The van der Waals surface area contributed by atoms with Gasteiger partial charge < -0.3 is 20.6 Å². The van der Waals surface area contributed by atoms with E-state index in [9.17, 15) is 14.7 Å². The Labute approximate surface area is 149 Å². The molecule has 138 valence electrons. The van der Waals surface area contributed by atoms with Crippen LogP contribution in [0, 0.1) is 12.8 Å². The summed E-state index contributed by atoms with van der Waals surface area (Å²) >= 11 is 0. The molecule has 25 heavy (non-hydrogen) atoms. The number of likely N-dealkylation sites (tertiary alicyclic amines) is 1. The lowest BCUT2D eigenvalue weighted by molar-refractivity contribution is -0.125. The van der Waals surface area contributed by atoms with E-state index in [1.807, 2.05) is 44.9 Å². The maximum Gasteiger partial charge on any atom is 0.251 e. The average molecular weight is 347 g/mol. The van der Waals surface area contributed by atoms with Crippen molar-refractivity contribution in [3.8, 4) is 0 Å². The summed E-state index contributed by atoms with van der Waals surface area (Å²) in [5, 5.41) is 16.1. The van der Waals surface area contributed by atoms with Gasteiger partial charge in [0, 0.05) is 25.2 Å². The number of hydrogen-bond acceptors (Lipinski definition) is 4. The lowest BCUT2D eigenvalue weighted by Crippen LogP contribution is -2.53. The molecule has 2 rings (SSSR count). The third kappa shape index (κ3) is 5.28. The Kier molecular flexibility index (Phi) is 6.19. The smallest absolute Gasteiger partial charge is 0.251 e. The highest BCUT2D eigenvalue weighted by molar-refractivity contribution is 5.97. The van der Waals surface area contributed by atoms with Crippen molar-refractivity contribution in [2.75, 3.05) is 26.7 Å². The molecule has 1 fully saturated rings. The first-order valence-electron chi connectivity index (χ1n) is 8.76. The van der Waals surface area contributed by atoms with Crippen LogP contribution in [0.2, 0.25) is 0 Å². The summed E-state index contributed by atoms with van der Waals surface area (Å²) in [7, 11) is 1.94. The second-order valence-corrected chi connectivity index (χ2v) is 7.49. The first kappa shape index (κ1) is 19.4. The van der Waals surface area contributed by atoms with Gasteiger partial charge in [0.2, 0.25) is 5.91 Å². The van der Waals surface area contributed by atoms with Crippen molar-refractivity contribution >= 4 is 11.8 Å². The Morgan fingerprint density at radius 3 is 2.64 bits per heavy atom. The van der Waals surface area contributed by atoms with Crippen LogP contribution in [0.3, 0.4) is 0 Å². The number of benzene rings is 1. The zero-order valence-electron chi connectivity index (χ0n) is 15.5. The number of aliphatic hydroxyl groups is 1. The molecular weight excluding hydrogens is 318 g/mol. The normalized spacial score (nSPS) is 22.0. The standard InChI is InChI=1S/C19H29N3O3/c1-13(2)16(21-17(23)15-7-5-6-14(3)10-15)18(24)20-11-19(25)8-9-22(4)12-19/h5-7,10,13,16,25H,8-9,11-12H2,1-4H3,(H,20,24)(H,21,23)/t16-,19+/m1/s1. The molecule has 3 N–H and O–H groups in total. The minimum absolute atomic E-state index is 0.0605. The van der Waals surface area contributed by atoms with Crippen LogP contribution in [-0.4, -0.2) is 60.1 Å². The fourth-order valence-electron chi connectivity index (χ4n) is 3.11. The SMILES string of the molecule is Cc1cccc(C(=O)N[C@@H](C(=O)NC[C@@]2(O)CCN(C)C2)C(C)C)c1. The van der Waals surface area contributed by atoms with E-state index in [4.69, 9.17) is 0 Å². The molecule has 1 aromatic carbocycles. The van der Waals surface area contributed by atoms with E-state index < -0.39 is 11.6 Å². The van der Waals surface area contributed by atoms with Crippen LogP contribution in [0.1, 0.15) is 36.2 Å². The van der Waals surface area contributed by atoms with E-state index in [0.717, 1.165) is 12.1 Å². The summed E-state index contributed by atoms with van der Waals surface area (Å²) < 4.78 is 0. The molecule has 0 spiro atoms. The molecule has 1 saturated heterocycles. The largest absolute Gasteiger partial charge is 0.387 e. The lowest BCUT2D eigenvalue weighted by Gasteiger charge is -2.26. The van der Waals surface area contributed by atoms with Crippen molar-refractivity contribution < 1.29 is 14.7 Å². The Balaban J connectivity index is 1.97. The fraction of sp³-hybridized carbons (Fsp3) is 0.579. The van der Waals surface area contributed by atoms with Gasteiger partial charge in [-0.1, -0.05) is 31.5 Å². The van der Waals surface area contributed by atoms with E-state index in [2.05, 4.69) is 10.6 Å². The third-order valence-electron chi connectivity index (χ3n) is 4.63. The molecule has 6 heteroatoms. The first-order valence-corrected chi connectivity index (χ1v) is 8.76. The highest BCUT2D eigenvalue weighted by Crippen LogP contribution is 2.19. The Bertz CT molecular complexity index is 632. The second-order valence-electron chi connectivity index (χ2n) is 7.49. The Hall–Kier alpha value is -1.92. The van der Waals surface area contributed by atoms with Gasteiger partial charge in [0.15, 0.2) is 0 Å². The summed E-state index contributed by atoms with van der Waals surface area (Å²) in [5.74, 6) is -0.592. The van der Waals surface area contributed by atoms with Crippen molar-refractivity contribution in [2.45, 2.75) is 38.8 Å². The third-order valence-corrected chi connectivity index (χ3v) is 4.63. The van der Waals surface area contributed by atoms with Gasteiger partial charge >= 0.3 is 0 Å². The van der Waals surface area contributed by atoms with Crippen LogP contribution in [0.4, 0.5) is 0 Å². The minimum atomic E-state index is -0.896. The summed E-state index contributed by atoms with van der Waals surface area (Å²) in [5.41, 5.74) is 0.632. The number of carbonyl (C=O) groups excluding carboxylic acids is 2. The van der Waals surface area contributed by atoms with Crippen LogP contribution in [0.25, 0.3) is 0 Å². The molecule has 0 radical (unpaired) electrons. The van der Waals surface area contributed by atoms with E-state index in [-0.39, 0.29) is 24.3 Å². The van der Waals surface area contributed by atoms with E-state index in [1.165, 1.54) is 0 Å². The predicted molar refractivity (Wildman–Crippen MR) is 97.3 cm³/mol. The molecule has 0 aromatic heterocycles. The highest BCUT2D eigenvalue weighted by atomic mass is 16.3. The maximum atomic E-state index is 12.5. The van der Waals surface area contributed by atoms with Crippen molar-refractivity contribution in [3.05, 3.63) is 35.4 Å². The van der Waals surface area contributed by atoms with Gasteiger partial charge in [0.25, 0.3) is 5.91 Å². The van der Waals surface area contributed by atoms with Crippen molar-refractivity contribution in [3.63, 3.8) is 0 Å². The summed E-state index contributed by atoms with van der Waals surface area (Å²) in [6.45, 7) is 7.24. The van der Waals surface area contributed by atoms with Crippen molar-refractivity contribution in [2.24, 2.45) is 5.92 Å². The van der Waals surface area contributed by atoms with Gasteiger partial charge in [-0.15, -0.1) is 0 Å². The molecule has 1 aliphatic rings. The van der Waals surface area contributed by atoms with E-state index >= 15 is 0 Å². The lowest BCUT2D eigenvalue weighted by atomic mass is 10.0. The van der Waals surface area contributed by atoms with Crippen molar-refractivity contribution in [1.82, 2.24) is 15.5 Å². The zero-order valence-corrected chi connectivity index (χ0v) is 15.5. The van der Waals surface area contributed by atoms with Crippen LogP contribution in [0.15, 0.2) is 24.3 Å². The molecular formula is C19H29N3O3. The van der Waals surface area contributed by atoms with Crippen LogP contribution in [-0.2, 0) is 4.79 Å². The Morgan fingerprint density at radius 2 is 2.08 bits per heavy atom. The predicted octanol–water partition coefficient (Wildman–Crippen LogP) is 0.932. The minimum Gasteiger partial charge on any atom is -0.387 e. The molecule has 1 heterocycles. The van der Waals surface area contributed by atoms with Crippen molar-refractivity contribution in [1.29, 1.82) is 0 Å². The number of aryl methyl sites for hydroxylation is 1. The number of hydrogen-bond donors (Lipinski definition) is 3. The summed E-state index contributed by atoms with van der Waals surface area (Å²) in [6.07, 6.45) is 0.631. The molecule has 2 atom stereocenters. The number of nitrogens with one attached hydrogen (secondary N) is 2. The van der Waals surface area contributed by atoms with E-state index in [0.29, 0.717) is 18.5 Å². The van der Waals surface area contributed by atoms with Gasteiger partial charge in [0.1, 0.15) is 6.04 Å². The van der Waals surface area contributed by atoms with Gasteiger partial charge in [-0.2, -0.15) is 0 Å². The highest BCUT2D eigenvalue weighted by Gasteiger charge is 2.35. The molecule has 0 bridgehead atoms. The Morgan fingerprint density at radius 1 is 1.36 bits per heavy atom. The summed E-state index contributed by atoms with van der Waals surface area (Å²) in [6, 6.07) is 6.62. The molecule has 0 saturated carbocycles. The molecule has 0 aliphatic carbocycles. The number of amides is 2. The summed E-state index contributed by atoms with van der Waals surface area (Å²) in [4.78, 5) is 27.0. The van der Waals surface area contributed by atoms with Crippen LogP contribution in [0.5, 0.6) is 0 Å². The van der Waals surface area contributed by atoms with E-state index in [1.54, 1.807) is 12.1 Å². The monoisotopic (exact) mass is 347 g/mol. The number of nitrogens with zero attached hydrogens (tertiary/aromatic N) is 1. The number of likely N-dealkylation sites (N-methyl/N-ethyl adjacent to an activating group) is 1.